The van der Waals surface area contributed by atoms with Crippen LogP contribution < -0.4 is 5.32 Å². The van der Waals surface area contributed by atoms with E-state index in [0.717, 1.165) is 25.9 Å². The van der Waals surface area contributed by atoms with Crippen LogP contribution in [0.4, 0.5) is 0 Å². The lowest BCUT2D eigenvalue weighted by Gasteiger charge is -2.24. The Hall–Kier alpha value is -0.900. The van der Waals surface area contributed by atoms with Gasteiger partial charge >= 0.3 is 0 Å². The number of rotatable bonds is 7. The third-order valence-electron chi connectivity index (χ3n) is 3.13. The fourth-order valence-electron chi connectivity index (χ4n) is 2.03. The van der Waals surface area contributed by atoms with Gasteiger partial charge in [0.05, 0.1) is 17.9 Å². The number of aromatic nitrogens is 3. The van der Waals surface area contributed by atoms with Crippen LogP contribution in [0.2, 0.25) is 0 Å². The average Bonchev–Trinajstić information content (AvgIpc) is 2.76. The predicted octanol–water partition coefficient (Wildman–Crippen LogP) is 3.17. The van der Waals surface area contributed by atoms with Gasteiger partial charge in [0.2, 0.25) is 0 Å². The lowest BCUT2D eigenvalue weighted by atomic mass is 9.88. The number of nitrogens with zero attached hydrogens (tertiary/aromatic N) is 3. The highest BCUT2D eigenvalue weighted by Gasteiger charge is 2.19. The van der Waals surface area contributed by atoms with Gasteiger partial charge in [-0.2, -0.15) is 0 Å². The fourth-order valence-corrected chi connectivity index (χ4v) is 2.03. The summed E-state index contributed by atoms with van der Waals surface area (Å²) in [6.45, 7) is 13.1. The first-order valence-electron chi connectivity index (χ1n) is 7.09. The van der Waals surface area contributed by atoms with Crippen molar-refractivity contribution >= 4 is 0 Å². The number of hydrogen-bond donors (Lipinski definition) is 1. The van der Waals surface area contributed by atoms with Gasteiger partial charge in [-0.15, -0.1) is 5.10 Å². The Kier molecular flexibility index (Phi) is 5.79. The molecule has 0 radical (unpaired) electrons. The molecule has 0 spiro atoms. The summed E-state index contributed by atoms with van der Waals surface area (Å²) in [6, 6.07) is 0.374. The molecule has 4 heteroatoms. The molecular weight excluding hydrogens is 224 g/mol. The molecule has 1 atom stereocenters. The van der Waals surface area contributed by atoms with E-state index in [1.807, 2.05) is 10.9 Å². The highest BCUT2D eigenvalue weighted by molar-refractivity contribution is 5.02. The highest BCUT2D eigenvalue weighted by Crippen LogP contribution is 2.27. The maximum absolute atomic E-state index is 4.13. The molecule has 0 saturated carbocycles. The van der Waals surface area contributed by atoms with Gasteiger partial charge in [-0.05, 0) is 38.1 Å². The van der Waals surface area contributed by atoms with E-state index in [1.165, 1.54) is 12.1 Å². The van der Waals surface area contributed by atoms with E-state index in [4.69, 9.17) is 0 Å². The number of aryl methyl sites for hydroxylation is 1. The van der Waals surface area contributed by atoms with Crippen LogP contribution in [0.3, 0.4) is 0 Å². The zero-order valence-corrected chi connectivity index (χ0v) is 12.5. The van der Waals surface area contributed by atoms with E-state index >= 15 is 0 Å². The Bertz CT molecular complexity index is 338. The first-order valence-corrected chi connectivity index (χ1v) is 7.09. The zero-order chi connectivity index (χ0) is 13.6. The van der Waals surface area contributed by atoms with Crippen LogP contribution in [-0.4, -0.2) is 21.5 Å². The third-order valence-corrected chi connectivity index (χ3v) is 3.13. The Morgan fingerprint density at radius 2 is 2.06 bits per heavy atom. The van der Waals surface area contributed by atoms with E-state index < -0.39 is 0 Å². The third kappa shape index (κ3) is 4.77. The van der Waals surface area contributed by atoms with Gasteiger partial charge in [0.15, 0.2) is 0 Å². The van der Waals surface area contributed by atoms with Gasteiger partial charge in [-0.25, -0.2) is 4.68 Å². The van der Waals surface area contributed by atoms with Crippen molar-refractivity contribution in [3.8, 4) is 0 Å². The molecule has 0 amide bonds. The van der Waals surface area contributed by atoms with Crippen molar-refractivity contribution in [2.45, 2.75) is 66.5 Å². The minimum absolute atomic E-state index is 0.372. The minimum atomic E-state index is 0.372. The zero-order valence-electron chi connectivity index (χ0n) is 12.5. The largest absolute Gasteiger partial charge is 0.309 e. The van der Waals surface area contributed by atoms with Gasteiger partial charge in [-0.1, -0.05) is 32.9 Å². The first-order chi connectivity index (χ1) is 8.48. The molecular formula is C14H28N4. The van der Waals surface area contributed by atoms with Gasteiger partial charge in [0.1, 0.15) is 0 Å². The van der Waals surface area contributed by atoms with E-state index in [0.29, 0.717) is 11.5 Å². The molecule has 1 N–H and O–H groups in total. The molecule has 4 nitrogen and oxygen atoms in total. The van der Waals surface area contributed by atoms with Gasteiger partial charge in [0, 0.05) is 6.54 Å². The molecule has 18 heavy (non-hydrogen) atoms. The summed E-state index contributed by atoms with van der Waals surface area (Å²) in [5.41, 5.74) is 1.59. The molecule has 0 aliphatic heterocycles. The van der Waals surface area contributed by atoms with Crippen LogP contribution >= 0.6 is 0 Å². The lowest BCUT2D eigenvalue weighted by Crippen LogP contribution is -2.26. The second-order valence-corrected chi connectivity index (χ2v) is 6.08. The quantitative estimate of drug-likeness (QED) is 0.810. The number of hydrogen-bond acceptors (Lipinski definition) is 3. The van der Waals surface area contributed by atoms with Gasteiger partial charge in [0.25, 0.3) is 0 Å². The lowest BCUT2D eigenvalue weighted by molar-refractivity contribution is 0.325. The Morgan fingerprint density at radius 1 is 1.33 bits per heavy atom. The molecule has 0 bridgehead atoms. The standard InChI is InChI=1S/C14H28N4/c1-6-10-15-12(8-9-14(3,4)5)13-11-16-17-18(13)7-2/h11-12,15H,6-10H2,1-5H3. The summed E-state index contributed by atoms with van der Waals surface area (Å²) < 4.78 is 2.00. The van der Waals surface area contributed by atoms with E-state index in [2.05, 4.69) is 50.2 Å². The molecule has 1 aromatic heterocycles. The van der Waals surface area contributed by atoms with E-state index in [-0.39, 0.29) is 0 Å². The predicted molar refractivity (Wildman–Crippen MR) is 75.4 cm³/mol. The fraction of sp³-hybridized carbons (Fsp3) is 0.857. The monoisotopic (exact) mass is 252 g/mol. The van der Waals surface area contributed by atoms with E-state index in [9.17, 15) is 0 Å². The van der Waals surface area contributed by atoms with Crippen molar-refractivity contribution in [1.29, 1.82) is 0 Å². The van der Waals surface area contributed by atoms with Crippen LogP contribution in [0, 0.1) is 5.41 Å². The molecule has 0 saturated heterocycles. The molecule has 1 heterocycles. The van der Waals surface area contributed by atoms with Gasteiger partial charge in [-0.3, -0.25) is 0 Å². The molecule has 0 fully saturated rings. The summed E-state index contributed by atoms with van der Waals surface area (Å²) >= 11 is 0. The van der Waals surface area contributed by atoms with Crippen molar-refractivity contribution in [2.24, 2.45) is 5.41 Å². The van der Waals surface area contributed by atoms with E-state index in [1.54, 1.807) is 0 Å². The van der Waals surface area contributed by atoms with Crippen molar-refractivity contribution < 1.29 is 0 Å². The SMILES string of the molecule is CCCNC(CCC(C)(C)C)c1cnnn1CC. The van der Waals surface area contributed by atoms with Crippen LogP contribution in [-0.2, 0) is 6.54 Å². The van der Waals surface area contributed by atoms with Crippen LogP contribution in [0.5, 0.6) is 0 Å². The highest BCUT2D eigenvalue weighted by atomic mass is 15.4. The normalized spacial score (nSPS) is 13.8. The van der Waals surface area contributed by atoms with Gasteiger partial charge < -0.3 is 5.32 Å². The van der Waals surface area contributed by atoms with Crippen molar-refractivity contribution in [2.75, 3.05) is 6.54 Å². The van der Waals surface area contributed by atoms with Crippen molar-refractivity contribution in [3.63, 3.8) is 0 Å². The molecule has 1 aromatic rings. The number of nitrogens with one attached hydrogen (secondary N) is 1. The van der Waals surface area contributed by atoms with Crippen molar-refractivity contribution in [1.82, 2.24) is 20.3 Å². The smallest absolute Gasteiger partial charge is 0.0756 e. The maximum Gasteiger partial charge on any atom is 0.0756 e. The second kappa shape index (κ2) is 6.88. The molecule has 0 aliphatic rings. The summed E-state index contributed by atoms with van der Waals surface area (Å²) in [4.78, 5) is 0. The maximum atomic E-state index is 4.13. The van der Waals surface area contributed by atoms with Crippen molar-refractivity contribution in [3.05, 3.63) is 11.9 Å². The Balaban J connectivity index is 2.71. The molecule has 1 rings (SSSR count). The molecule has 0 aliphatic carbocycles. The first kappa shape index (κ1) is 15.2. The van der Waals surface area contributed by atoms with Crippen LogP contribution in [0.25, 0.3) is 0 Å². The Morgan fingerprint density at radius 3 is 2.61 bits per heavy atom. The molecule has 104 valence electrons. The summed E-state index contributed by atoms with van der Waals surface area (Å²) in [5, 5.41) is 11.8. The molecule has 0 aromatic carbocycles. The summed E-state index contributed by atoms with van der Waals surface area (Å²) in [5.74, 6) is 0. The molecule has 1 unspecified atom stereocenters. The summed E-state index contributed by atoms with van der Waals surface area (Å²) in [6.07, 6.45) is 5.39. The van der Waals surface area contributed by atoms with Crippen LogP contribution in [0.15, 0.2) is 6.20 Å². The minimum Gasteiger partial charge on any atom is -0.309 e. The average molecular weight is 252 g/mol. The topological polar surface area (TPSA) is 42.7 Å². The Labute approximate surface area is 111 Å². The second-order valence-electron chi connectivity index (χ2n) is 6.08. The van der Waals surface area contributed by atoms with Crippen LogP contribution in [0.1, 0.15) is 65.6 Å². The summed E-state index contributed by atoms with van der Waals surface area (Å²) in [7, 11) is 0.